The van der Waals surface area contributed by atoms with Gasteiger partial charge in [0.25, 0.3) is 0 Å². The van der Waals surface area contributed by atoms with Crippen molar-refractivity contribution in [1.82, 2.24) is 0 Å². The van der Waals surface area contributed by atoms with Crippen LogP contribution < -0.4 is 5.73 Å². The lowest BCUT2D eigenvalue weighted by Crippen LogP contribution is -2.13. The van der Waals surface area contributed by atoms with Crippen LogP contribution in [0.5, 0.6) is 0 Å². The second-order valence-electron chi connectivity index (χ2n) is 4.69. The van der Waals surface area contributed by atoms with Gasteiger partial charge in [-0.15, -0.1) is 0 Å². The van der Waals surface area contributed by atoms with Crippen LogP contribution in [-0.2, 0) is 9.47 Å². The second-order valence-corrected chi connectivity index (χ2v) is 4.69. The first kappa shape index (κ1) is 15.0. The molecule has 3 N–H and O–H groups in total. The average Bonchev–Trinajstić information content (AvgIpc) is 2.33. The van der Waals surface area contributed by atoms with Gasteiger partial charge in [0.2, 0.25) is 0 Å². The lowest BCUT2D eigenvalue weighted by atomic mass is 10.1. The monoisotopic (exact) mass is 253 g/mol. The number of benzene rings is 1. The van der Waals surface area contributed by atoms with Gasteiger partial charge < -0.3 is 20.3 Å². The molecule has 18 heavy (non-hydrogen) atoms. The third-order valence-electron chi connectivity index (χ3n) is 2.45. The molecule has 1 atom stereocenters. The highest BCUT2D eigenvalue weighted by atomic mass is 16.5. The van der Waals surface area contributed by atoms with Gasteiger partial charge in [-0.1, -0.05) is 32.0 Å². The van der Waals surface area contributed by atoms with Crippen LogP contribution in [0.3, 0.4) is 0 Å². The van der Waals surface area contributed by atoms with Crippen LogP contribution >= 0.6 is 0 Å². The van der Waals surface area contributed by atoms with Gasteiger partial charge in [-0.3, -0.25) is 0 Å². The van der Waals surface area contributed by atoms with E-state index >= 15 is 0 Å². The van der Waals surface area contributed by atoms with E-state index in [9.17, 15) is 5.11 Å². The highest BCUT2D eigenvalue weighted by molar-refractivity contribution is 5.47. The zero-order valence-corrected chi connectivity index (χ0v) is 11.1. The highest BCUT2D eigenvalue weighted by Gasteiger charge is 2.10. The van der Waals surface area contributed by atoms with Crippen molar-refractivity contribution < 1.29 is 14.6 Å². The van der Waals surface area contributed by atoms with Crippen molar-refractivity contribution in [3.05, 3.63) is 29.8 Å². The number of aliphatic hydroxyl groups excluding tert-OH is 1. The lowest BCUT2D eigenvalue weighted by molar-refractivity contribution is -0.00102. The fourth-order valence-electron chi connectivity index (χ4n) is 1.54. The molecule has 0 fully saturated rings. The Morgan fingerprint density at radius 2 is 1.72 bits per heavy atom. The number of rotatable bonds is 8. The molecule has 1 rings (SSSR count). The summed E-state index contributed by atoms with van der Waals surface area (Å²) in [5.74, 6) is 0.528. The van der Waals surface area contributed by atoms with E-state index in [4.69, 9.17) is 15.2 Å². The third-order valence-corrected chi connectivity index (χ3v) is 2.45. The zero-order chi connectivity index (χ0) is 13.4. The standard InChI is InChI=1S/C14H23NO3/c1-11(2)9-17-7-8-18-10-14(16)12-5-3-4-6-13(12)15/h3-6,11,14,16H,7-10,15H2,1-2H3. The number of ether oxygens (including phenoxy) is 2. The highest BCUT2D eigenvalue weighted by Crippen LogP contribution is 2.19. The van der Waals surface area contributed by atoms with Crippen LogP contribution in [-0.4, -0.2) is 31.5 Å². The Balaban J connectivity index is 2.18. The Morgan fingerprint density at radius 1 is 1.11 bits per heavy atom. The number of para-hydroxylation sites is 1. The molecule has 0 amide bonds. The number of nitrogens with two attached hydrogens (primary N) is 1. The molecule has 0 bridgehead atoms. The molecule has 0 aliphatic heterocycles. The summed E-state index contributed by atoms with van der Waals surface area (Å²) in [6.45, 7) is 6.20. The first-order chi connectivity index (χ1) is 8.61. The lowest BCUT2D eigenvalue weighted by Gasteiger charge is -2.14. The molecule has 1 aromatic carbocycles. The smallest absolute Gasteiger partial charge is 0.104 e. The van der Waals surface area contributed by atoms with E-state index in [2.05, 4.69) is 13.8 Å². The number of aliphatic hydroxyl groups is 1. The fourth-order valence-corrected chi connectivity index (χ4v) is 1.54. The Morgan fingerprint density at radius 3 is 2.33 bits per heavy atom. The van der Waals surface area contributed by atoms with Crippen molar-refractivity contribution >= 4 is 5.69 Å². The molecule has 0 heterocycles. The Labute approximate surface area is 109 Å². The molecule has 4 nitrogen and oxygen atoms in total. The van der Waals surface area contributed by atoms with Gasteiger partial charge in [0.15, 0.2) is 0 Å². The topological polar surface area (TPSA) is 64.7 Å². The number of anilines is 1. The van der Waals surface area contributed by atoms with Gasteiger partial charge in [0.05, 0.1) is 19.8 Å². The minimum absolute atomic E-state index is 0.235. The van der Waals surface area contributed by atoms with Crippen LogP contribution in [0, 0.1) is 5.92 Å². The summed E-state index contributed by atoms with van der Waals surface area (Å²) in [5.41, 5.74) is 7.06. The van der Waals surface area contributed by atoms with Crippen LogP contribution in [0.2, 0.25) is 0 Å². The molecule has 102 valence electrons. The van der Waals surface area contributed by atoms with Crippen molar-refractivity contribution in [2.75, 3.05) is 32.2 Å². The molecule has 1 aromatic rings. The predicted molar refractivity (Wildman–Crippen MR) is 72.3 cm³/mol. The van der Waals surface area contributed by atoms with Gasteiger partial charge in [-0.25, -0.2) is 0 Å². The predicted octanol–water partition coefficient (Wildman–Crippen LogP) is 1.99. The molecule has 0 saturated carbocycles. The third kappa shape index (κ3) is 5.49. The van der Waals surface area contributed by atoms with E-state index in [1.165, 1.54) is 0 Å². The van der Waals surface area contributed by atoms with Crippen molar-refractivity contribution in [2.45, 2.75) is 20.0 Å². The van der Waals surface area contributed by atoms with Crippen LogP contribution in [0.25, 0.3) is 0 Å². The Hall–Kier alpha value is -1.10. The van der Waals surface area contributed by atoms with E-state index in [0.29, 0.717) is 30.4 Å². The van der Waals surface area contributed by atoms with Crippen molar-refractivity contribution in [3.63, 3.8) is 0 Å². The van der Waals surface area contributed by atoms with Crippen molar-refractivity contribution in [1.29, 1.82) is 0 Å². The van der Waals surface area contributed by atoms with Crippen molar-refractivity contribution in [2.24, 2.45) is 5.92 Å². The van der Waals surface area contributed by atoms with E-state index in [-0.39, 0.29) is 6.61 Å². The summed E-state index contributed by atoms with van der Waals surface area (Å²) >= 11 is 0. The molecule has 0 aliphatic carbocycles. The number of hydrogen-bond acceptors (Lipinski definition) is 4. The summed E-state index contributed by atoms with van der Waals surface area (Å²) in [7, 11) is 0. The number of hydrogen-bond donors (Lipinski definition) is 2. The quantitative estimate of drug-likeness (QED) is 0.549. The van der Waals surface area contributed by atoms with Gasteiger partial charge in [-0.05, 0) is 12.0 Å². The average molecular weight is 253 g/mol. The first-order valence-corrected chi connectivity index (χ1v) is 6.29. The van der Waals surface area contributed by atoms with Crippen LogP contribution in [0.4, 0.5) is 5.69 Å². The molecular formula is C14H23NO3. The summed E-state index contributed by atoms with van der Waals surface area (Å²) in [5, 5.41) is 9.90. The summed E-state index contributed by atoms with van der Waals surface area (Å²) < 4.78 is 10.7. The maximum Gasteiger partial charge on any atom is 0.104 e. The zero-order valence-electron chi connectivity index (χ0n) is 11.1. The largest absolute Gasteiger partial charge is 0.398 e. The van der Waals surface area contributed by atoms with Crippen LogP contribution in [0.1, 0.15) is 25.5 Å². The summed E-state index contributed by atoms with van der Waals surface area (Å²) in [6, 6.07) is 7.26. The number of nitrogen functional groups attached to an aromatic ring is 1. The minimum Gasteiger partial charge on any atom is -0.398 e. The minimum atomic E-state index is -0.684. The molecule has 0 radical (unpaired) electrons. The molecular weight excluding hydrogens is 230 g/mol. The van der Waals surface area contributed by atoms with Gasteiger partial charge in [0, 0.05) is 17.9 Å². The van der Waals surface area contributed by atoms with E-state index in [1.807, 2.05) is 12.1 Å². The fraction of sp³-hybridized carbons (Fsp3) is 0.571. The normalized spacial score (nSPS) is 12.9. The molecule has 0 aromatic heterocycles. The Kier molecular flexibility index (Phi) is 6.72. The Bertz CT molecular complexity index is 342. The molecule has 1 unspecified atom stereocenters. The first-order valence-electron chi connectivity index (χ1n) is 6.29. The van der Waals surface area contributed by atoms with E-state index < -0.39 is 6.10 Å². The molecule has 0 aliphatic rings. The molecule has 0 spiro atoms. The SMILES string of the molecule is CC(C)COCCOCC(O)c1ccccc1N. The molecule has 0 saturated heterocycles. The van der Waals surface area contributed by atoms with Crippen LogP contribution in [0.15, 0.2) is 24.3 Å². The van der Waals surface area contributed by atoms with Crippen molar-refractivity contribution in [3.8, 4) is 0 Å². The van der Waals surface area contributed by atoms with Gasteiger partial charge >= 0.3 is 0 Å². The summed E-state index contributed by atoms with van der Waals surface area (Å²) in [6.07, 6.45) is -0.684. The maximum absolute atomic E-state index is 9.90. The van der Waals surface area contributed by atoms with Gasteiger partial charge in [-0.2, -0.15) is 0 Å². The van der Waals surface area contributed by atoms with E-state index in [0.717, 1.165) is 6.61 Å². The molecule has 4 heteroatoms. The second kappa shape index (κ2) is 8.08. The maximum atomic E-state index is 9.90. The van der Waals surface area contributed by atoms with Gasteiger partial charge in [0.1, 0.15) is 6.10 Å². The van der Waals surface area contributed by atoms with E-state index in [1.54, 1.807) is 12.1 Å². The summed E-state index contributed by atoms with van der Waals surface area (Å²) in [4.78, 5) is 0.